The van der Waals surface area contributed by atoms with Gasteiger partial charge in [0.05, 0.1) is 37.0 Å². The molecule has 1 aliphatic heterocycles. The van der Waals surface area contributed by atoms with E-state index in [0.29, 0.717) is 18.8 Å². The molecule has 0 spiro atoms. The number of nitrogens with zero attached hydrogens (tertiary/aromatic N) is 5. The van der Waals surface area contributed by atoms with E-state index in [1.165, 1.54) is 32.5 Å². The van der Waals surface area contributed by atoms with Gasteiger partial charge in [-0.05, 0) is 32.4 Å². The Labute approximate surface area is 207 Å². The number of carbonyl (C=O) groups is 1. The largest absolute Gasteiger partial charge is 0.494 e. The summed E-state index contributed by atoms with van der Waals surface area (Å²) < 4.78 is 40.8. The van der Waals surface area contributed by atoms with Crippen LogP contribution in [-0.4, -0.2) is 62.8 Å². The lowest BCUT2D eigenvalue weighted by atomic mass is 10.1. The van der Waals surface area contributed by atoms with Gasteiger partial charge in [-0.1, -0.05) is 0 Å². The SMILES string of the molecule is COc1cc(C)c(F)c(COc2cnc(Nc3cnn(CC(=O)N4C[C@@H](C)N[C@@H](C)C4)c3)nc2)c1F. The second-order valence-electron chi connectivity index (χ2n) is 8.85. The first-order valence-corrected chi connectivity index (χ1v) is 11.5. The lowest BCUT2D eigenvalue weighted by molar-refractivity contribution is -0.133. The number of rotatable bonds is 8. The standard InChI is InChI=1S/C24H29F2N7O3/c1-14-5-20(35-4)23(26)19(22(14)25)13-36-18-7-27-24(28-8-18)31-17-6-29-33(11-17)12-21(34)32-9-15(2)30-16(3)10-32/h5-8,11,15-16,30H,9-10,12-13H2,1-4H3,(H,27,28,31)/t15-,16+. The zero-order valence-corrected chi connectivity index (χ0v) is 20.6. The highest BCUT2D eigenvalue weighted by Crippen LogP contribution is 2.27. The van der Waals surface area contributed by atoms with Crippen molar-refractivity contribution in [2.24, 2.45) is 0 Å². The van der Waals surface area contributed by atoms with Gasteiger partial charge in [-0.2, -0.15) is 5.10 Å². The lowest BCUT2D eigenvalue weighted by Crippen LogP contribution is -2.56. The van der Waals surface area contributed by atoms with Crippen LogP contribution in [0.1, 0.15) is 25.0 Å². The molecule has 1 saturated heterocycles. The summed E-state index contributed by atoms with van der Waals surface area (Å²) in [5.41, 5.74) is 0.622. The number of ether oxygens (including phenoxy) is 2. The molecule has 0 saturated carbocycles. The third-order valence-corrected chi connectivity index (χ3v) is 5.77. The number of methoxy groups -OCH3 is 1. The number of aromatic nitrogens is 4. The van der Waals surface area contributed by atoms with Crippen LogP contribution in [0.2, 0.25) is 0 Å². The van der Waals surface area contributed by atoms with Crippen LogP contribution in [0, 0.1) is 18.6 Å². The van der Waals surface area contributed by atoms with Gasteiger partial charge in [0.15, 0.2) is 17.3 Å². The first-order valence-electron chi connectivity index (χ1n) is 11.5. The van der Waals surface area contributed by atoms with E-state index in [0.717, 1.165) is 0 Å². The van der Waals surface area contributed by atoms with Gasteiger partial charge in [0.2, 0.25) is 11.9 Å². The Bertz CT molecular complexity index is 1210. The van der Waals surface area contributed by atoms with Gasteiger partial charge in [0, 0.05) is 31.4 Å². The molecule has 2 atom stereocenters. The van der Waals surface area contributed by atoms with Crippen molar-refractivity contribution in [2.75, 3.05) is 25.5 Å². The zero-order valence-electron chi connectivity index (χ0n) is 20.6. The number of carbonyl (C=O) groups excluding carboxylic acids is 1. The summed E-state index contributed by atoms with van der Waals surface area (Å²) >= 11 is 0. The number of amides is 1. The Hall–Kier alpha value is -3.80. The number of aryl methyl sites for hydroxylation is 1. The molecule has 0 aliphatic carbocycles. The Balaban J connectivity index is 1.33. The molecule has 3 heterocycles. The van der Waals surface area contributed by atoms with Gasteiger partial charge in [-0.3, -0.25) is 9.48 Å². The number of hydrogen-bond acceptors (Lipinski definition) is 8. The highest BCUT2D eigenvalue weighted by Gasteiger charge is 2.25. The molecule has 0 bridgehead atoms. The van der Waals surface area contributed by atoms with E-state index < -0.39 is 11.6 Å². The van der Waals surface area contributed by atoms with E-state index in [-0.39, 0.29) is 59.7 Å². The summed E-state index contributed by atoms with van der Waals surface area (Å²) in [6.45, 7) is 6.73. The van der Waals surface area contributed by atoms with Crippen molar-refractivity contribution in [3.8, 4) is 11.5 Å². The first-order chi connectivity index (χ1) is 17.2. The molecular formula is C24H29F2N7O3. The number of halogens is 2. The van der Waals surface area contributed by atoms with E-state index in [1.54, 1.807) is 17.1 Å². The Morgan fingerprint density at radius 3 is 2.53 bits per heavy atom. The van der Waals surface area contributed by atoms with Gasteiger partial charge >= 0.3 is 0 Å². The van der Waals surface area contributed by atoms with Crippen molar-refractivity contribution in [3.63, 3.8) is 0 Å². The number of hydrogen-bond donors (Lipinski definition) is 2. The van der Waals surface area contributed by atoms with Crippen LogP contribution in [0.25, 0.3) is 0 Å². The summed E-state index contributed by atoms with van der Waals surface area (Å²) in [7, 11) is 1.31. The maximum absolute atomic E-state index is 14.4. The summed E-state index contributed by atoms with van der Waals surface area (Å²) in [6, 6.07) is 1.78. The molecule has 36 heavy (non-hydrogen) atoms. The second kappa shape index (κ2) is 10.9. The zero-order chi connectivity index (χ0) is 25.8. The number of benzene rings is 1. The van der Waals surface area contributed by atoms with E-state index in [4.69, 9.17) is 9.47 Å². The Morgan fingerprint density at radius 1 is 1.17 bits per heavy atom. The third kappa shape index (κ3) is 5.88. The van der Waals surface area contributed by atoms with E-state index in [9.17, 15) is 13.6 Å². The van der Waals surface area contributed by atoms with Crippen molar-refractivity contribution < 1.29 is 23.0 Å². The van der Waals surface area contributed by atoms with E-state index >= 15 is 0 Å². The summed E-state index contributed by atoms with van der Waals surface area (Å²) in [4.78, 5) is 22.8. The number of piperazine rings is 1. The monoisotopic (exact) mass is 501 g/mol. The summed E-state index contributed by atoms with van der Waals surface area (Å²) in [6.07, 6.45) is 6.04. The second-order valence-corrected chi connectivity index (χ2v) is 8.85. The molecule has 10 nitrogen and oxygen atoms in total. The first kappa shape index (κ1) is 25.3. The molecule has 1 aliphatic rings. The number of anilines is 2. The molecule has 0 unspecified atom stereocenters. The highest BCUT2D eigenvalue weighted by atomic mass is 19.1. The summed E-state index contributed by atoms with van der Waals surface area (Å²) in [5, 5.41) is 10.6. The topological polar surface area (TPSA) is 106 Å². The Kier molecular flexibility index (Phi) is 7.63. The molecule has 1 aromatic carbocycles. The minimum atomic E-state index is -0.809. The molecule has 4 rings (SSSR count). The lowest BCUT2D eigenvalue weighted by Gasteiger charge is -2.36. The Morgan fingerprint density at radius 2 is 1.86 bits per heavy atom. The van der Waals surface area contributed by atoms with Crippen LogP contribution in [0.15, 0.2) is 30.9 Å². The van der Waals surface area contributed by atoms with Crippen LogP contribution in [0.4, 0.5) is 20.4 Å². The fourth-order valence-electron chi connectivity index (χ4n) is 4.11. The van der Waals surface area contributed by atoms with Crippen LogP contribution in [0.5, 0.6) is 11.5 Å². The van der Waals surface area contributed by atoms with Crippen molar-refractivity contribution in [3.05, 3.63) is 53.6 Å². The smallest absolute Gasteiger partial charge is 0.244 e. The minimum absolute atomic E-state index is 0.00158. The molecule has 2 aromatic heterocycles. The number of nitrogens with one attached hydrogen (secondary N) is 2. The highest BCUT2D eigenvalue weighted by molar-refractivity contribution is 5.76. The third-order valence-electron chi connectivity index (χ3n) is 5.77. The maximum atomic E-state index is 14.4. The van der Waals surface area contributed by atoms with E-state index in [2.05, 4.69) is 39.5 Å². The minimum Gasteiger partial charge on any atom is -0.494 e. The van der Waals surface area contributed by atoms with Crippen LogP contribution in [-0.2, 0) is 17.9 Å². The average Bonchev–Trinajstić information content (AvgIpc) is 3.28. The molecule has 192 valence electrons. The molecule has 12 heteroatoms. The molecule has 0 radical (unpaired) electrons. The van der Waals surface area contributed by atoms with Crippen molar-refractivity contribution >= 4 is 17.5 Å². The predicted octanol–water partition coefficient (Wildman–Crippen LogP) is 2.80. The van der Waals surface area contributed by atoms with Gasteiger partial charge < -0.3 is 25.0 Å². The molecule has 3 aromatic rings. The molecule has 1 amide bonds. The van der Waals surface area contributed by atoms with Crippen molar-refractivity contribution in [2.45, 2.75) is 46.0 Å². The normalized spacial score (nSPS) is 17.7. The van der Waals surface area contributed by atoms with Gasteiger partial charge in [-0.15, -0.1) is 0 Å². The quantitative estimate of drug-likeness (QED) is 0.486. The van der Waals surface area contributed by atoms with Crippen molar-refractivity contribution in [1.82, 2.24) is 30.0 Å². The van der Waals surface area contributed by atoms with Crippen molar-refractivity contribution in [1.29, 1.82) is 0 Å². The molecule has 2 N–H and O–H groups in total. The maximum Gasteiger partial charge on any atom is 0.244 e. The molecular weight excluding hydrogens is 472 g/mol. The van der Waals surface area contributed by atoms with Gasteiger partial charge in [0.25, 0.3) is 0 Å². The van der Waals surface area contributed by atoms with Crippen LogP contribution in [0.3, 0.4) is 0 Å². The summed E-state index contributed by atoms with van der Waals surface area (Å²) in [5.74, 6) is -1.04. The van der Waals surface area contributed by atoms with E-state index in [1.807, 2.05) is 4.90 Å². The fraction of sp³-hybridized carbons (Fsp3) is 0.417. The van der Waals surface area contributed by atoms with Gasteiger partial charge in [-0.25, -0.2) is 18.7 Å². The van der Waals surface area contributed by atoms with Gasteiger partial charge in [0.1, 0.15) is 19.0 Å². The fourth-order valence-corrected chi connectivity index (χ4v) is 4.11. The predicted molar refractivity (Wildman–Crippen MR) is 128 cm³/mol. The molecule has 1 fully saturated rings. The average molecular weight is 502 g/mol. The van der Waals surface area contributed by atoms with Crippen LogP contribution >= 0.6 is 0 Å². The van der Waals surface area contributed by atoms with Crippen LogP contribution < -0.4 is 20.1 Å².